The van der Waals surface area contributed by atoms with Crippen LogP contribution in [0.4, 0.5) is 5.00 Å². The number of carbonyl (C=O) groups is 2. The Balaban J connectivity index is 1.64. The van der Waals surface area contributed by atoms with Crippen molar-refractivity contribution in [2.45, 2.75) is 19.0 Å². The summed E-state index contributed by atoms with van der Waals surface area (Å²) in [6, 6.07) is 9.31. The van der Waals surface area contributed by atoms with Crippen LogP contribution < -0.4 is 10.1 Å². The number of hydrogen-bond acceptors (Lipinski definition) is 8. The Kier molecular flexibility index (Phi) is 7.11. The molecule has 0 atom stereocenters. The second kappa shape index (κ2) is 9.77. The van der Waals surface area contributed by atoms with E-state index in [2.05, 4.69) is 15.5 Å². The molecule has 1 N–H and O–H groups in total. The Morgan fingerprint density at radius 3 is 2.63 bits per heavy atom. The van der Waals surface area contributed by atoms with E-state index in [1.54, 1.807) is 6.07 Å². The molecule has 1 amide bonds. The summed E-state index contributed by atoms with van der Waals surface area (Å²) < 4.78 is 12.1. The zero-order valence-corrected chi connectivity index (χ0v) is 18.7. The molecule has 0 unspecified atom stereocenters. The molecule has 0 bridgehead atoms. The van der Waals surface area contributed by atoms with Crippen LogP contribution in [0, 0.1) is 6.92 Å². The second-order valence-corrected chi connectivity index (χ2v) is 8.45. The highest BCUT2D eigenvalue weighted by Crippen LogP contribution is 2.29. The van der Waals surface area contributed by atoms with Gasteiger partial charge in [-0.2, -0.15) is 0 Å². The van der Waals surface area contributed by atoms with Gasteiger partial charge in [0.15, 0.2) is 11.0 Å². The Bertz CT molecular complexity index is 1040. The molecule has 3 aromatic rings. The number of carbonyl (C=O) groups excluding carboxylic acids is 2. The van der Waals surface area contributed by atoms with Gasteiger partial charge in [-0.15, -0.1) is 21.5 Å². The summed E-state index contributed by atoms with van der Waals surface area (Å²) in [7, 11) is 3.16. The highest BCUT2D eigenvalue weighted by Gasteiger charge is 2.18. The number of nitrogens with zero attached hydrogens (tertiary/aromatic N) is 3. The number of nitrogens with one attached hydrogen (secondary N) is 1. The summed E-state index contributed by atoms with van der Waals surface area (Å²) in [5, 5.41) is 12.3. The van der Waals surface area contributed by atoms with Crippen molar-refractivity contribution in [3.63, 3.8) is 0 Å². The van der Waals surface area contributed by atoms with Crippen LogP contribution in [0.25, 0.3) is 11.4 Å². The van der Waals surface area contributed by atoms with Gasteiger partial charge in [0.05, 0.1) is 25.0 Å². The van der Waals surface area contributed by atoms with Gasteiger partial charge in [0.25, 0.3) is 0 Å². The lowest BCUT2D eigenvalue weighted by molar-refractivity contribution is -0.113. The zero-order chi connectivity index (χ0) is 21.7. The van der Waals surface area contributed by atoms with Crippen molar-refractivity contribution < 1.29 is 19.1 Å². The van der Waals surface area contributed by atoms with E-state index >= 15 is 0 Å². The van der Waals surface area contributed by atoms with Crippen LogP contribution in [0.3, 0.4) is 0 Å². The van der Waals surface area contributed by atoms with Crippen molar-refractivity contribution in [1.82, 2.24) is 14.8 Å². The Morgan fingerprint density at radius 2 is 1.97 bits per heavy atom. The molecule has 0 fully saturated rings. The van der Waals surface area contributed by atoms with Gasteiger partial charge >= 0.3 is 5.97 Å². The number of thioether (sulfide) groups is 1. The molecule has 30 heavy (non-hydrogen) atoms. The molecular formula is C20H22N4O4S2. The zero-order valence-electron chi connectivity index (χ0n) is 17.1. The van der Waals surface area contributed by atoms with E-state index in [0.29, 0.717) is 28.2 Å². The van der Waals surface area contributed by atoms with Crippen molar-refractivity contribution >= 4 is 40.0 Å². The number of amides is 1. The molecule has 10 heteroatoms. The maximum Gasteiger partial charge on any atom is 0.340 e. The fourth-order valence-electron chi connectivity index (χ4n) is 2.72. The highest BCUT2D eigenvalue weighted by molar-refractivity contribution is 7.99. The minimum absolute atomic E-state index is 0.132. The number of benzene rings is 1. The number of hydrogen-bond donors (Lipinski definition) is 1. The molecule has 0 saturated carbocycles. The predicted molar refractivity (Wildman–Crippen MR) is 117 cm³/mol. The van der Waals surface area contributed by atoms with Crippen LogP contribution in [0.2, 0.25) is 0 Å². The lowest BCUT2D eigenvalue weighted by Crippen LogP contribution is -2.16. The summed E-state index contributed by atoms with van der Waals surface area (Å²) in [4.78, 5) is 25.2. The highest BCUT2D eigenvalue weighted by atomic mass is 32.2. The number of aromatic nitrogens is 3. The average Bonchev–Trinajstić information content (AvgIpc) is 3.28. The molecule has 0 aliphatic carbocycles. The van der Waals surface area contributed by atoms with Crippen LogP contribution in [-0.4, -0.2) is 46.1 Å². The molecule has 158 valence electrons. The number of aryl methyl sites for hydroxylation is 1. The topological polar surface area (TPSA) is 95.3 Å². The third kappa shape index (κ3) is 5.00. The van der Waals surface area contributed by atoms with Crippen molar-refractivity contribution in [3.05, 3.63) is 40.8 Å². The van der Waals surface area contributed by atoms with Gasteiger partial charge < -0.3 is 19.4 Å². The molecule has 0 radical (unpaired) electrons. The van der Waals surface area contributed by atoms with Gasteiger partial charge in [-0.05, 0) is 44.2 Å². The van der Waals surface area contributed by atoms with E-state index < -0.39 is 5.97 Å². The lowest BCUT2D eigenvalue weighted by atomic mass is 10.2. The molecule has 3 rings (SSSR count). The first-order valence-corrected chi connectivity index (χ1v) is 11.0. The fraction of sp³-hybridized carbons (Fsp3) is 0.300. The van der Waals surface area contributed by atoms with E-state index in [-0.39, 0.29) is 11.7 Å². The average molecular weight is 447 g/mol. The largest absolute Gasteiger partial charge is 0.494 e. The Labute approximate surface area is 182 Å². The summed E-state index contributed by atoms with van der Waals surface area (Å²) in [6.45, 7) is 4.41. The van der Waals surface area contributed by atoms with Crippen molar-refractivity contribution in [1.29, 1.82) is 0 Å². The lowest BCUT2D eigenvalue weighted by Gasteiger charge is -2.07. The predicted octanol–water partition coefficient (Wildman–Crippen LogP) is 3.77. The quantitative estimate of drug-likeness (QED) is 0.416. The van der Waals surface area contributed by atoms with Gasteiger partial charge in [0.1, 0.15) is 10.8 Å². The number of ether oxygens (including phenoxy) is 2. The summed E-state index contributed by atoms with van der Waals surface area (Å²) in [5.41, 5.74) is 1.26. The first kappa shape index (κ1) is 21.8. The van der Waals surface area contributed by atoms with Crippen LogP contribution in [0.5, 0.6) is 5.75 Å². The van der Waals surface area contributed by atoms with Crippen LogP contribution in [-0.2, 0) is 16.6 Å². The van der Waals surface area contributed by atoms with Gasteiger partial charge in [0.2, 0.25) is 5.91 Å². The molecule has 0 aliphatic rings. The molecule has 2 aromatic heterocycles. The van der Waals surface area contributed by atoms with Gasteiger partial charge in [0, 0.05) is 17.5 Å². The van der Waals surface area contributed by atoms with E-state index in [0.717, 1.165) is 16.2 Å². The van der Waals surface area contributed by atoms with E-state index in [9.17, 15) is 9.59 Å². The minimum atomic E-state index is -0.476. The third-order valence-corrected chi connectivity index (χ3v) is 6.09. The minimum Gasteiger partial charge on any atom is -0.494 e. The molecular weight excluding hydrogens is 424 g/mol. The molecule has 2 heterocycles. The number of anilines is 1. The number of esters is 1. The maximum absolute atomic E-state index is 12.4. The van der Waals surface area contributed by atoms with E-state index in [1.165, 1.54) is 30.2 Å². The standard InChI is InChI=1S/C20H22N4O4S2/c1-5-28-14-8-6-13(7-9-14)17-22-23-20(24(17)3)29-11-16(25)21-18-15(19(26)27-4)10-12(2)30-18/h6-10H,5,11H2,1-4H3,(H,21,25). The fourth-order valence-corrected chi connectivity index (χ4v) is 4.35. The van der Waals surface area contributed by atoms with E-state index in [4.69, 9.17) is 9.47 Å². The SMILES string of the molecule is CCOc1ccc(-c2nnc(SCC(=O)Nc3sc(C)cc3C(=O)OC)n2C)cc1. The summed E-state index contributed by atoms with van der Waals surface area (Å²) in [5.74, 6) is 0.910. The van der Waals surface area contributed by atoms with Crippen molar-refractivity contribution in [2.24, 2.45) is 7.05 Å². The van der Waals surface area contributed by atoms with Crippen LogP contribution >= 0.6 is 23.1 Å². The van der Waals surface area contributed by atoms with Crippen LogP contribution in [0.15, 0.2) is 35.5 Å². The molecule has 0 spiro atoms. The maximum atomic E-state index is 12.4. The monoisotopic (exact) mass is 446 g/mol. The van der Waals surface area contributed by atoms with Gasteiger partial charge in [-0.25, -0.2) is 4.79 Å². The molecule has 1 aromatic carbocycles. The molecule has 8 nitrogen and oxygen atoms in total. The van der Waals surface area contributed by atoms with Gasteiger partial charge in [-0.1, -0.05) is 11.8 Å². The summed E-state index contributed by atoms with van der Waals surface area (Å²) >= 11 is 2.60. The number of rotatable bonds is 8. The third-order valence-electron chi connectivity index (χ3n) is 4.10. The number of methoxy groups -OCH3 is 1. The van der Waals surface area contributed by atoms with E-state index in [1.807, 2.05) is 49.7 Å². The van der Waals surface area contributed by atoms with Crippen molar-refractivity contribution in [3.8, 4) is 17.1 Å². The summed E-state index contributed by atoms with van der Waals surface area (Å²) in [6.07, 6.45) is 0. The Morgan fingerprint density at radius 1 is 1.23 bits per heavy atom. The molecule has 0 saturated heterocycles. The smallest absolute Gasteiger partial charge is 0.340 e. The van der Waals surface area contributed by atoms with Crippen LogP contribution in [0.1, 0.15) is 22.2 Å². The Hall–Kier alpha value is -2.85. The first-order chi connectivity index (χ1) is 14.4. The second-order valence-electron chi connectivity index (χ2n) is 6.25. The number of thiophene rings is 1. The normalized spacial score (nSPS) is 10.7. The first-order valence-electron chi connectivity index (χ1n) is 9.17. The van der Waals surface area contributed by atoms with Gasteiger partial charge in [-0.3, -0.25) is 4.79 Å². The van der Waals surface area contributed by atoms with Crippen molar-refractivity contribution in [2.75, 3.05) is 24.8 Å². The molecule has 0 aliphatic heterocycles.